The fourth-order valence-electron chi connectivity index (χ4n) is 3.34. The van der Waals surface area contributed by atoms with Gasteiger partial charge in [-0.1, -0.05) is 13.8 Å². The van der Waals surface area contributed by atoms with Gasteiger partial charge in [0.1, 0.15) is 5.82 Å². The second-order valence-corrected chi connectivity index (χ2v) is 7.99. The van der Waals surface area contributed by atoms with Crippen LogP contribution >= 0.6 is 0 Å². The van der Waals surface area contributed by atoms with Crippen LogP contribution in [0.4, 0.5) is 21.7 Å². The number of hydrogen-bond donors (Lipinski definition) is 4. The van der Waals surface area contributed by atoms with E-state index >= 15 is 0 Å². The van der Waals surface area contributed by atoms with E-state index in [1.165, 1.54) is 0 Å². The highest BCUT2D eigenvalue weighted by molar-refractivity contribution is 5.99. The lowest BCUT2D eigenvalue weighted by Gasteiger charge is -2.25. The quantitative estimate of drug-likeness (QED) is 0.450. The molecule has 0 fully saturated rings. The number of halogens is 1. The number of hydrogen-bond acceptors (Lipinski definition) is 6. The van der Waals surface area contributed by atoms with Crippen LogP contribution < -0.4 is 22.1 Å². The second kappa shape index (κ2) is 8.66. The zero-order valence-corrected chi connectivity index (χ0v) is 17.6. The molecule has 8 nitrogen and oxygen atoms in total. The van der Waals surface area contributed by atoms with Crippen molar-refractivity contribution in [1.29, 1.82) is 0 Å². The zero-order chi connectivity index (χ0) is 22.0. The van der Waals surface area contributed by atoms with Crippen molar-refractivity contribution in [3.05, 3.63) is 41.8 Å². The molecule has 3 rings (SSSR count). The lowest BCUT2D eigenvalue weighted by Crippen LogP contribution is -2.39. The van der Waals surface area contributed by atoms with Gasteiger partial charge < -0.3 is 22.1 Å². The minimum absolute atomic E-state index is 0.0212. The summed E-state index contributed by atoms with van der Waals surface area (Å²) < 4.78 is 16.4. The first-order valence-electron chi connectivity index (χ1n) is 9.87. The molecule has 1 aromatic carbocycles. The van der Waals surface area contributed by atoms with Gasteiger partial charge in [-0.3, -0.25) is 9.48 Å². The number of benzene rings is 1. The van der Waals surface area contributed by atoms with E-state index in [2.05, 4.69) is 34.6 Å². The molecule has 3 aromatic rings. The SMILES string of the molecule is CC(C)C[C@@H](Nc1nc(Nc2ccc3c(cnn3C)c2)c(C(N)=O)cc1F)[C@@H](C)N. The summed E-state index contributed by atoms with van der Waals surface area (Å²) in [5, 5.41) is 11.3. The second-order valence-electron chi connectivity index (χ2n) is 7.99. The fourth-order valence-corrected chi connectivity index (χ4v) is 3.34. The molecular weight excluding hydrogens is 385 g/mol. The van der Waals surface area contributed by atoms with Gasteiger partial charge >= 0.3 is 0 Å². The number of anilines is 3. The summed E-state index contributed by atoms with van der Waals surface area (Å²) in [6.07, 6.45) is 2.48. The van der Waals surface area contributed by atoms with E-state index in [-0.39, 0.29) is 29.3 Å². The zero-order valence-electron chi connectivity index (χ0n) is 17.6. The van der Waals surface area contributed by atoms with Crippen molar-refractivity contribution in [1.82, 2.24) is 14.8 Å². The Balaban J connectivity index is 1.96. The number of fused-ring (bicyclic) bond motifs is 1. The summed E-state index contributed by atoms with van der Waals surface area (Å²) in [6.45, 7) is 6.00. The number of carbonyl (C=O) groups is 1. The third-order valence-electron chi connectivity index (χ3n) is 4.93. The number of aromatic nitrogens is 3. The Labute approximate surface area is 174 Å². The van der Waals surface area contributed by atoms with Crippen molar-refractivity contribution >= 4 is 34.1 Å². The molecule has 0 unspecified atom stereocenters. The van der Waals surface area contributed by atoms with Crippen LogP contribution in [-0.4, -0.2) is 32.8 Å². The minimum atomic E-state index is -0.774. The van der Waals surface area contributed by atoms with Gasteiger partial charge in [0.25, 0.3) is 5.91 Å². The standard InChI is InChI=1S/C21H28FN7O/c1-11(2)7-17(12(3)23)27-21-16(22)9-15(19(24)30)20(28-21)26-14-5-6-18-13(8-14)10-25-29(18)4/h5-6,8-12,17H,7,23H2,1-4H3,(H2,24,30)(H2,26,27,28)/t12-,17-/m1/s1. The van der Waals surface area contributed by atoms with E-state index in [0.29, 0.717) is 11.6 Å². The normalized spacial score (nSPS) is 13.4. The Hall–Kier alpha value is -3.20. The van der Waals surface area contributed by atoms with Crippen LogP contribution in [0.2, 0.25) is 0 Å². The maximum Gasteiger partial charge on any atom is 0.252 e. The molecule has 2 atom stereocenters. The van der Waals surface area contributed by atoms with E-state index in [4.69, 9.17) is 11.5 Å². The molecule has 0 aliphatic rings. The number of nitrogens with one attached hydrogen (secondary N) is 2. The Kier molecular flexibility index (Phi) is 6.21. The highest BCUT2D eigenvalue weighted by atomic mass is 19.1. The van der Waals surface area contributed by atoms with Crippen molar-refractivity contribution < 1.29 is 9.18 Å². The molecule has 9 heteroatoms. The lowest BCUT2D eigenvalue weighted by molar-refractivity contribution is 0.100. The molecule has 0 aliphatic heterocycles. The number of carbonyl (C=O) groups excluding carboxylic acids is 1. The van der Waals surface area contributed by atoms with Crippen molar-refractivity contribution in [3.8, 4) is 0 Å². The highest BCUT2D eigenvalue weighted by Crippen LogP contribution is 2.27. The summed E-state index contributed by atoms with van der Waals surface area (Å²) in [6, 6.07) is 6.30. The van der Waals surface area contributed by atoms with Crippen molar-refractivity contribution in [2.24, 2.45) is 24.4 Å². The summed E-state index contributed by atoms with van der Waals surface area (Å²) >= 11 is 0. The Morgan fingerprint density at radius 3 is 2.60 bits per heavy atom. The Morgan fingerprint density at radius 1 is 1.23 bits per heavy atom. The Morgan fingerprint density at radius 2 is 1.97 bits per heavy atom. The molecule has 0 radical (unpaired) electrons. The first-order chi connectivity index (χ1) is 14.2. The maximum absolute atomic E-state index is 14.7. The summed E-state index contributed by atoms with van der Waals surface area (Å²) in [5.74, 6) is -0.879. The number of aryl methyl sites for hydroxylation is 1. The van der Waals surface area contributed by atoms with Gasteiger partial charge in [-0.25, -0.2) is 9.37 Å². The third-order valence-corrected chi connectivity index (χ3v) is 4.93. The molecule has 0 saturated carbocycles. The van der Waals surface area contributed by atoms with E-state index < -0.39 is 11.7 Å². The topological polar surface area (TPSA) is 124 Å². The lowest BCUT2D eigenvalue weighted by atomic mass is 9.99. The molecule has 2 heterocycles. The fraction of sp³-hybridized carbons (Fsp3) is 0.381. The first kappa shape index (κ1) is 21.5. The Bertz CT molecular complexity index is 1060. The number of nitrogens with two attached hydrogens (primary N) is 2. The van der Waals surface area contributed by atoms with Gasteiger partial charge in [-0.2, -0.15) is 5.10 Å². The minimum Gasteiger partial charge on any atom is -0.365 e. The predicted octanol–water partition coefficient (Wildman–Crippen LogP) is 3.12. The monoisotopic (exact) mass is 413 g/mol. The van der Waals surface area contributed by atoms with E-state index in [9.17, 15) is 9.18 Å². The number of rotatable bonds is 8. The van der Waals surface area contributed by atoms with Crippen molar-refractivity contribution in [3.63, 3.8) is 0 Å². The van der Waals surface area contributed by atoms with Crippen LogP contribution in [0.25, 0.3) is 10.9 Å². The summed E-state index contributed by atoms with van der Waals surface area (Å²) in [4.78, 5) is 16.2. The van der Waals surface area contributed by atoms with Crippen molar-refractivity contribution in [2.75, 3.05) is 10.6 Å². The largest absolute Gasteiger partial charge is 0.365 e. The van der Waals surface area contributed by atoms with Gasteiger partial charge in [-0.05, 0) is 43.5 Å². The molecule has 0 aliphatic carbocycles. The van der Waals surface area contributed by atoms with Gasteiger partial charge in [0.05, 0.1) is 17.3 Å². The molecule has 160 valence electrons. The molecule has 0 spiro atoms. The number of primary amides is 1. The van der Waals surface area contributed by atoms with Gasteiger partial charge in [0.2, 0.25) is 0 Å². The van der Waals surface area contributed by atoms with E-state index in [1.54, 1.807) is 10.9 Å². The van der Waals surface area contributed by atoms with Crippen LogP contribution in [0.5, 0.6) is 0 Å². The number of nitrogens with zero attached hydrogens (tertiary/aromatic N) is 3. The van der Waals surface area contributed by atoms with Gasteiger partial charge in [0.15, 0.2) is 11.6 Å². The van der Waals surface area contributed by atoms with Gasteiger partial charge in [-0.15, -0.1) is 0 Å². The highest BCUT2D eigenvalue weighted by Gasteiger charge is 2.21. The molecule has 30 heavy (non-hydrogen) atoms. The molecule has 2 aromatic heterocycles. The van der Waals surface area contributed by atoms with Crippen LogP contribution in [0.15, 0.2) is 30.5 Å². The maximum atomic E-state index is 14.7. The third kappa shape index (κ3) is 4.68. The first-order valence-corrected chi connectivity index (χ1v) is 9.87. The van der Waals surface area contributed by atoms with Gasteiger partial charge in [0, 0.05) is 30.2 Å². The molecule has 0 bridgehead atoms. The summed E-state index contributed by atoms with van der Waals surface area (Å²) in [5.41, 5.74) is 13.1. The van der Waals surface area contributed by atoms with E-state index in [0.717, 1.165) is 23.4 Å². The number of pyridine rings is 1. The average Bonchev–Trinajstić information content (AvgIpc) is 3.03. The van der Waals surface area contributed by atoms with Crippen LogP contribution in [0.1, 0.15) is 37.6 Å². The molecule has 6 N–H and O–H groups in total. The van der Waals surface area contributed by atoms with Crippen molar-refractivity contribution in [2.45, 2.75) is 39.3 Å². The van der Waals surface area contributed by atoms with Crippen LogP contribution in [0, 0.1) is 11.7 Å². The average molecular weight is 414 g/mol. The van der Waals surface area contributed by atoms with E-state index in [1.807, 2.05) is 32.2 Å². The molecule has 0 saturated heterocycles. The molecular formula is C21H28FN7O. The van der Waals surface area contributed by atoms with Crippen LogP contribution in [0.3, 0.4) is 0 Å². The molecule has 1 amide bonds. The van der Waals surface area contributed by atoms with Crippen LogP contribution in [-0.2, 0) is 7.05 Å². The summed E-state index contributed by atoms with van der Waals surface area (Å²) in [7, 11) is 1.85. The number of amides is 1. The smallest absolute Gasteiger partial charge is 0.252 e. The predicted molar refractivity (Wildman–Crippen MR) is 117 cm³/mol.